The van der Waals surface area contributed by atoms with Gasteiger partial charge in [0.2, 0.25) is 5.91 Å². The topological polar surface area (TPSA) is 62.1 Å². The minimum atomic E-state index is -0.128. The zero-order chi connectivity index (χ0) is 14.8. The molecule has 0 saturated carbocycles. The highest BCUT2D eigenvalue weighted by atomic mass is 16.5. The SMILES string of the molecule is CC(C)CCCOCCC(=O)Nc1ccccc1C#N. The van der Waals surface area contributed by atoms with E-state index in [-0.39, 0.29) is 5.91 Å². The van der Waals surface area contributed by atoms with Gasteiger partial charge in [-0.05, 0) is 30.9 Å². The maximum atomic E-state index is 11.7. The number of hydrogen-bond donors (Lipinski definition) is 1. The van der Waals surface area contributed by atoms with Crippen molar-refractivity contribution < 1.29 is 9.53 Å². The number of nitriles is 1. The highest BCUT2D eigenvalue weighted by molar-refractivity contribution is 5.92. The van der Waals surface area contributed by atoms with Crippen LogP contribution in [0.4, 0.5) is 5.69 Å². The van der Waals surface area contributed by atoms with Crippen LogP contribution in [0.3, 0.4) is 0 Å². The maximum Gasteiger partial charge on any atom is 0.226 e. The van der Waals surface area contributed by atoms with Crippen molar-refractivity contribution in [3.63, 3.8) is 0 Å². The van der Waals surface area contributed by atoms with E-state index in [0.717, 1.165) is 12.8 Å². The molecule has 4 heteroatoms. The number of rotatable bonds is 8. The molecule has 0 aromatic heterocycles. The molecule has 0 saturated heterocycles. The van der Waals surface area contributed by atoms with Crippen LogP contribution in [0.25, 0.3) is 0 Å². The fourth-order valence-electron chi connectivity index (χ4n) is 1.76. The van der Waals surface area contributed by atoms with Crippen molar-refractivity contribution in [2.24, 2.45) is 5.92 Å². The summed E-state index contributed by atoms with van der Waals surface area (Å²) in [5.74, 6) is 0.556. The highest BCUT2D eigenvalue weighted by Crippen LogP contribution is 2.13. The lowest BCUT2D eigenvalue weighted by molar-refractivity contribution is -0.117. The standard InChI is InChI=1S/C16H22N2O2/c1-13(2)6-5-10-20-11-9-16(19)18-15-8-4-3-7-14(15)12-17/h3-4,7-8,13H,5-6,9-11H2,1-2H3,(H,18,19). The van der Waals surface area contributed by atoms with Crippen LogP contribution in [0, 0.1) is 17.2 Å². The van der Waals surface area contributed by atoms with Gasteiger partial charge in [0.05, 0.1) is 24.3 Å². The number of anilines is 1. The summed E-state index contributed by atoms with van der Waals surface area (Å²) < 4.78 is 5.42. The molecule has 20 heavy (non-hydrogen) atoms. The molecule has 0 unspecified atom stereocenters. The van der Waals surface area contributed by atoms with Gasteiger partial charge in [0.25, 0.3) is 0 Å². The third-order valence-corrected chi connectivity index (χ3v) is 2.87. The molecule has 1 aromatic rings. The van der Waals surface area contributed by atoms with E-state index in [0.29, 0.717) is 36.8 Å². The predicted molar refractivity (Wildman–Crippen MR) is 79.3 cm³/mol. The normalized spacial score (nSPS) is 10.3. The largest absolute Gasteiger partial charge is 0.381 e. The highest BCUT2D eigenvalue weighted by Gasteiger charge is 2.06. The Balaban J connectivity index is 2.22. The van der Waals surface area contributed by atoms with Gasteiger partial charge in [-0.15, -0.1) is 0 Å². The Morgan fingerprint density at radius 2 is 2.10 bits per heavy atom. The Bertz CT molecular complexity index is 464. The Morgan fingerprint density at radius 3 is 2.80 bits per heavy atom. The summed E-state index contributed by atoms with van der Waals surface area (Å²) >= 11 is 0. The molecule has 0 bridgehead atoms. The van der Waals surface area contributed by atoms with Gasteiger partial charge in [0.1, 0.15) is 6.07 Å². The van der Waals surface area contributed by atoms with Gasteiger partial charge < -0.3 is 10.1 Å². The van der Waals surface area contributed by atoms with E-state index in [2.05, 4.69) is 19.2 Å². The minimum absolute atomic E-state index is 0.128. The number of para-hydroxylation sites is 1. The number of ether oxygens (including phenoxy) is 1. The third-order valence-electron chi connectivity index (χ3n) is 2.87. The molecular formula is C16H22N2O2. The van der Waals surface area contributed by atoms with Crippen LogP contribution in [0.2, 0.25) is 0 Å². The number of hydrogen-bond acceptors (Lipinski definition) is 3. The zero-order valence-electron chi connectivity index (χ0n) is 12.2. The van der Waals surface area contributed by atoms with Crippen LogP contribution in [-0.4, -0.2) is 19.1 Å². The van der Waals surface area contributed by atoms with Crippen molar-refractivity contribution in [1.82, 2.24) is 0 Å². The van der Waals surface area contributed by atoms with E-state index in [1.54, 1.807) is 24.3 Å². The molecule has 1 rings (SSSR count). The molecular weight excluding hydrogens is 252 g/mol. The first-order chi connectivity index (χ1) is 9.63. The number of nitrogens with one attached hydrogen (secondary N) is 1. The van der Waals surface area contributed by atoms with Crippen LogP contribution in [0.5, 0.6) is 0 Å². The molecule has 0 aliphatic heterocycles. The van der Waals surface area contributed by atoms with Crippen molar-refractivity contribution in [2.75, 3.05) is 18.5 Å². The summed E-state index contributed by atoms with van der Waals surface area (Å²) in [5.41, 5.74) is 1.03. The van der Waals surface area contributed by atoms with Crippen molar-refractivity contribution in [2.45, 2.75) is 33.1 Å². The van der Waals surface area contributed by atoms with E-state index >= 15 is 0 Å². The van der Waals surface area contributed by atoms with Crippen LogP contribution >= 0.6 is 0 Å². The minimum Gasteiger partial charge on any atom is -0.381 e. The van der Waals surface area contributed by atoms with E-state index in [9.17, 15) is 4.79 Å². The molecule has 0 fully saturated rings. The Hall–Kier alpha value is -1.86. The number of carbonyl (C=O) groups excluding carboxylic acids is 1. The lowest BCUT2D eigenvalue weighted by Gasteiger charge is -2.08. The number of amides is 1. The summed E-state index contributed by atoms with van der Waals surface area (Å²) in [5, 5.41) is 11.7. The summed E-state index contributed by atoms with van der Waals surface area (Å²) in [6.45, 7) is 5.47. The predicted octanol–water partition coefficient (Wildman–Crippen LogP) is 3.34. The molecule has 108 valence electrons. The Kier molecular flexibility index (Phi) is 7.38. The first kappa shape index (κ1) is 16.2. The van der Waals surface area contributed by atoms with Crippen LogP contribution < -0.4 is 5.32 Å². The molecule has 0 aliphatic rings. The molecule has 1 amide bonds. The van der Waals surface area contributed by atoms with Gasteiger partial charge in [-0.1, -0.05) is 26.0 Å². The zero-order valence-corrected chi connectivity index (χ0v) is 12.2. The molecule has 0 spiro atoms. The average molecular weight is 274 g/mol. The van der Waals surface area contributed by atoms with Crippen molar-refractivity contribution in [1.29, 1.82) is 5.26 Å². The van der Waals surface area contributed by atoms with Crippen LogP contribution in [0.15, 0.2) is 24.3 Å². The van der Waals surface area contributed by atoms with Crippen molar-refractivity contribution >= 4 is 11.6 Å². The molecule has 4 nitrogen and oxygen atoms in total. The first-order valence-electron chi connectivity index (χ1n) is 7.00. The van der Waals surface area contributed by atoms with Gasteiger partial charge in [-0.2, -0.15) is 5.26 Å². The second kappa shape index (κ2) is 9.11. The molecule has 1 N–H and O–H groups in total. The van der Waals surface area contributed by atoms with E-state index in [1.807, 2.05) is 6.07 Å². The summed E-state index contributed by atoms with van der Waals surface area (Å²) in [6.07, 6.45) is 2.47. The van der Waals surface area contributed by atoms with Crippen molar-refractivity contribution in [3.8, 4) is 6.07 Å². The summed E-state index contributed by atoms with van der Waals surface area (Å²) in [4.78, 5) is 11.7. The molecule has 0 radical (unpaired) electrons. The van der Waals surface area contributed by atoms with Gasteiger partial charge in [-0.25, -0.2) is 0 Å². The van der Waals surface area contributed by atoms with E-state index in [4.69, 9.17) is 10.00 Å². The monoisotopic (exact) mass is 274 g/mol. The number of nitrogens with zero attached hydrogens (tertiary/aromatic N) is 1. The van der Waals surface area contributed by atoms with Gasteiger partial charge >= 0.3 is 0 Å². The van der Waals surface area contributed by atoms with Gasteiger partial charge in [-0.3, -0.25) is 4.79 Å². The average Bonchev–Trinajstić information content (AvgIpc) is 2.43. The smallest absolute Gasteiger partial charge is 0.226 e. The summed E-state index contributed by atoms with van der Waals surface area (Å²) in [6, 6.07) is 9.01. The summed E-state index contributed by atoms with van der Waals surface area (Å²) in [7, 11) is 0. The molecule has 1 aromatic carbocycles. The van der Waals surface area contributed by atoms with Crippen LogP contribution in [0.1, 0.15) is 38.7 Å². The maximum absolute atomic E-state index is 11.7. The van der Waals surface area contributed by atoms with Crippen molar-refractivity contribution in [3.05, 3.63) is 29.8 Å². The fourth-order valence-corrected chi connectivity index (χ4v) is 1.76. The lowest BCUT2D eigenvalue weighted by atomic mass is 10.1. The molecule has 0 heterocycles. The third kappa shape index (κ3) is 6.35. The van der Waals surface area contributed by atoms with Crippen LogP contribution in [-0.2, 0) is 9.53 Å². The molecule has 0 atom stereocenters. The quantitative estimate of drug-likeness (QED) is 0.739. The van der Waals surface area contributed by atoms with Gasteiger partial charge in [0, 0.05) is 6.61 Å². The second-order valence-electron chi connectivity index (χ2n) is 5.10. The second-order valence-corrected chi connectivity index (χ2v) is 5.10. The molecule has 0 aliphatic carbocycles. The first-order valence-corrected chi connectivity index (χ1v) is 7.00. The number of benzene rings is 1. The number of carbonyl (C=O) groups is 1. The lowest BCUT2D eigenvalue weighted by Crippen LogP contribution is -2.15. The van der Waals surface area contributed by atoms with E-state index in [1.165, 1.54) is 0 Å². The van der Waals surface area contributed by atoms with E-state index < -0.39 is 0 Å². The Labute approximate surface area is 120 Å². The fraction of sp³-hybridized carbons (Fsp3) is 0.500. The Morgan fingerprint density at radius 1 is 1.35 bits per heavy atom. The van der Waals surface area contributed by atoms with Gasteiger partial charge in [0.15, 0.2) is 0 Å².